The van der Waals surface area contributed by atoms with Crippen molar-refractivity contribution in [3.63, 3.8) is 0 Å². The zero-order chi connectivity index (χ0) is 13.1. The molecule has 1 aromatic rings. The van der Waals surface area contributed by atoms with Gasteiger partial charge in [0.25, 0.3) is 5.91 Å². The molecule has 2 rings (SSSR count). The summed E-state index contributed by atoms with van der Waals surface area (Å²) in [5, 5.41) is 10.9. The van der Waals surface area contributed by atoms with Crippen molar-refractivity contribution in [2.75, 3.05) is 18.1 Å². The van der Waals surface area contributed by atoms with E-state index in [0.29, 0.717) is 0 Å². The average molecular weight is 250 g/mol. The third-order valence-corrected chi connectivity index (χ3v) is 2.30. The number of anilines is 1. The van der Waals surface area contributed by atoms with Crippen molar-refractivity contribution in [3.8, 4) is 5.75 Å². The van der Waals surface area contributed by atoms with E-state index in [1.807, 2.05) is 0 Å². The standard InChI is InChI=1S/C11H10N2O5/c14-9-5-12-11(17)13(9)7-3-1-2-4-8(7)18-6-10(15)16/h1-4H,5-6H2,(H,12,17)(H,15,16). The van der Waals surface area contributed by atoms with Crippen molar-refractivity contribution >= 4 is 23.6 Å². The van der Waals surface area contributed by atoms with E-state index in [9.17, 15) is 14.4 Å². The zero-order valence-corrected chi connectivity index (χ0v) is 9.25. The second kappa shape index (κ2) is 4.74. The molecule has 1 saturated heterocycles. The SMILES string of the molecule is O=C(O)COc1ccccc1N1C(=O)CNC1=O. The van der Waals surface area contributed by atoms with Crippen LogP contribution in [0.5, 0.6) is 5.75 Å². The van der Waals surface area contributed by atoms with Gasteiger partial charge in [-0.15, -0.1) is 0 Å². The maximum absolute atomic E-state index is 11.5. The number of nitrogens with one attached hydrogen (secondary N) is 1. The fraction of sp³-hybridized carbons (Fsp3) is 0.182. The van der Waals surface area contributed by atoms with E-state index in [0.717, 1.165) is 4.90 Å². The van der Waals surface area contributed by atoms with E-state index in [-0.39, 0.29) is 18.0 Å². The highest BCUT2D eigenvalue weighted by molar-refractivity contribution is 6.20. The van der Waals surface area contributed by atoms with Crippen molar-refractivity contribution in [2.45, 2.75) is 0 Å². The van der Waals surface area contributed by atoms with Crippen LogP contribution < -0.4 is 15.0 Å². The quantitative estimate of drug-likeness (QED) is 0.744. The van der Waals surface area contributed by atoms with Crippen LogP contribution in [0.15, 0.2) is 24.3 Å². The molecule has 0 aromatic heterocycles. The van der Waals surface area contributed by atoms with Gasteiger partial charge >= 0.3 is 12.0 Å². The molecule has 94 valence electrons. The summed E-state index contributed by atoms with van der Waals surface area (Å²) < 4.78 is 5.03. The van der Waals surface area contributed by atoms with E-state index in [2.05, 4.69) is 5.32 Å². The lowest BCUT2D eigenvalue weighted by molar-refractivity contribution is -0.139. The van der Waals surface area contributed by atoms with E-state index < -0.39 is 24.5 Å². The van der Waals surface area contributed by atoms with E-state index in [1.54, 1.807) is 12.1 Å². The minimum atomic E-state index is -1.14. The topological polar surface area (TPSA) is 95.9 Å². The molecular weight excluding hydrogens is 240 g/mol. The highest BCUT2D eigenvalue weighted by Gasteiger charge is 2.31. The Hall–Kier alpha value is -2.57. The molecule has 7 nitrogen and oxygen atoms in total. The van der Waals surface area contributed by atoms with Gasteiger partial charge in [-0.1, -0.05) is 12.1 Å². The van der Waals surface area contributed by atoms with Gasteiger partial charge in [0.1, 0.15) is 5.75 Å². The first kappa shape index (κ1) is 11.9. The number of hydrogen-bond donors (Lipinski definition) is 2. The monoisotopic (exact) mass is 250 g/mol. The molecule has 1 heterocycles. The molecule has 1 aromatic carbocycles. The lowest BCUT2D eigenvalue weighted by Crippen LogP contribution is -2.31. The minimum absolute atomic E-state index is 0.0773. The van der Waals surface area contributed by atoms with Crippen molar-refractivity contribution in [1.82, 2.24) is 5.32 Å². The number of para-hydroxylation sites is 2. The molecule has 0 spiro atoms. The number of nitrogens with zero attached hydrogens (tertiary/aromatic N) is 1. The molecule has 3 amide bonds. The number of amides is 3. The summed E-state index contributed by atoms with van der Waals surface area (Å²) in [5.74, 6) is -1.38. The van der Waals surface area contributed by atoms with Crippen LogP contribution in [0.25, 0.3) is 0 Å². The summed E-state index contributed by atoms with van der Waals surface area (Å²) in [4.78, 5) is 34.4. The predicted octanol–water partition coefficient (Wildman–Crippen LogP) is 0.206. The number of hydrogen-bond acceptors (Lipinski definition) is 4. The van der Waals surface area contributed by atoms with Gasteiger partial charge in [0.2, 0.25) is 0 Å². The Morgan fingerprint density at radius 3 is 2.72 bits per heavy atom. The molecule has 0 atom stereocenters. The van der Waals surface area contributed by atoms with Crippen LogP contribution in [-0.2, 0) is 9.59 Å². The average Bonchev–Trinajstić information content (AvgIpc) is 2.67. The van der Waals surface area contributed by atoms with Crippen LogP contribution in [0.2, 0.25) is 0 Å². The Labute approximate surface area is 102 Å². The largest absolute Gasteiger partial charge is 0.480 e. The van der Waals surface area contributed by atoms with Gasteiger partial charge in [-0.3, -0.25) is 4.79 Å². The Morgan fingerprint density at radius 2 is 2.11 bits per heavy atom. The Kier molecular flexibility index (Phi) is 3.13. The fourth-order valence-electron chi connectivity index (χ4n) is 1.57. The number of carboxylic acid groups (broad SMARTS) is 1. The second-order valence-electron chi connectivity index (χ2n) is 3.54. The van der Waals surface area contributed by atoms with Crippen molar-refractivity contribution in [2.24, 2.45) is 0 Å². The third kappa shape index (κ3) is 2.24. The summed E-state index contributed by atoms with van der Waals surface area (Å²) in [6, 6.07) is 5.71. The number of urea groups is 1. The zero-order valence-electron chi connectivity index (χ0n) is 9.25. The number of carbonyl (C=O) groups is 3. The van der Waals surface area contributed by atoms with Crippen LogP contribution in [-0.4, -0.2) is 36.2 Å². The number of imide groups is 1. The van der Waals surface area contributed by atoms with Crippen LogP contribution in [0.3, 0.4) is 0 Å². The van der Waals surface area contributed by atoms with Crippen LogP contribution >= 0.6 is 0 Å². The fourth-order valence-corrected chi connectivity index (χ4v) is 1.57. The molecule has 1 fully saturated rings. The third-order valence-electron chi connectivity index (χ3n) is 2.30. The van der Waals surface area contributed by atoms with Crippen LogP contribution in [0.1, 0.15) is 0 Å². The minimum Gasteiger partial charge on any atom is -0.480 e. The number of benzene rings is 1. The van der Waals surface area contributed by atoms with Gasteiger partial charge < -0.3 is 15.2 Å². The number of carboxylic acids is 1. The van der Waals surface area contributed by atoms with Gasteiger partial charge in [0.05, 0.1) is 12.2 Å². The molecule has 0 bridgehead atoms. The van der Waals surface area contributed by atoms with Gasteiger partial charge in [0.15, 0.2) is 6.61 Å². The lowest BCUT2D eigenvalue weighted by atomic mass is 10.2. The maximum atomic E-state index is 11.5. The Balaban J connectivity index is 2.29. The summed E-state index contributed by atoms with van der Waals surface area (Å²) in [7, 11) is 0. The van der Waals surface area contributed by atoms with Crippen LogP contribution in [0, 0.1) is 0 Å². The molecule has 18 heavy (non-hydrogen) atoms. The molecule has 1 aliphatic rings. The van der Waals surface area contributed by atoms with Crippen molar-refractivity contribution in [1.29, 1.82) is 0 Å². The first-order chi connectivity index (χ1) is 8.59. The van der Waals surface area contributed by atoms with E-state index in [4.69, 9.17) is 9.84 Å². The normalized spacial score (nSPS) is 14.6. The van der Waals surface area contributed by atoms with Gasteiger partial charge in [-0.2, -0.15) is 0 Å². The van der Waals surface area contributed by atoms with E-state index in [1.165, 1.54) is 12.1 Å². The number of carbonyl (C=O) groups excluding carboxylic acids is 2. The molecular formula is C11H10N2O5. The number of rotatable bonds is 4. The summed E-state index contributed by atoms with van der Waals surface area (Å²) in [5.41, 5.74) is 0.235. The molecule has 7 heteroatoms. The number of aliphatic carboxylic acids is 1. The van der Waals surface area contributed by atoms with Crippen LogP contribution in [0.4, 0.5) is 10.5 Å². The van der Waals surface area contributed by atoms with E-state index >= 15 is 0 Å². The molecule has 0 unspecified atom stereocenters. The maximum Gasteiger partial charge on any atom is 0.341 e. The Morgan fingerprint density at radius 1 is 1.39 bits per heavy atom. The molecule has 0 saturated carbocycles. The summed E-state index contributed by atoms with van der Waals surface area (Å²) >= 11 is 0. The Bertz CT molecular complexity index is 498. The number of ether oxygens (including phenoxy) is 1. The lowest BCUT2D eigenvalue weighted by Gasteiger charge is -2.16. The highest BCUT2D eigenvalue weighted by atomic mass is 16.5. The second-order valence-corrected chi connectivity index (χ2v) is 3.54. The first-order valence-electron chi connectivity index (χ1n) is 5.14. The van der Waals surface area contributed by atoms with Gasteiger partial charge in [0, 0.05) is 0 Å². The molecule has 0 radical (unpaired) electrons. The van der Waals surface area contributed by atoms with Gasteiger partial charge in [-0.05, 0) is 12.1 Å². The highest BCUT2D eigenvalue weighted by Crippen LogP contribution is 2.29. The van der Waals surface area contributed by atoms with Crippen molar-refractivity contribution < 1.29 is 24.2 Å². The first-order valence-corrected chi connectivity index (χ1v) is 5.14. The summed E-state index contributed by atoms with van der Waals surface area (Å²) in [6.07, 6.45) is 0. The summed E-state index contributed by atoms with van der Waals surface area (Å²) in [6.45, 7) is -0.618. The van der Waals surface area contributed by atoms with Gasteiger partial charge in [-0.25, -0.2) is 14.5 Å². The smallest absolute Gasteiger partial charge is 0.341 e. The van der Waals surface area contributed by atoms with Crippen molar-refractivity contribution in [3.05, 3.63) is 24.3 Å². The molecule has 1 aliphatic heterocycles. The molecule has 2 N–H and O–H groups in total. The predicted molar refractivity (Wildman–Crippen MR) is 60.5 cm³/mol. The molecule has 0 aliphatic carbocycles.